The van der Waals surface area contributed by atoms with Crippen LogP contribution in [-0.4, -0.2) is 46.0 Å². The summed E-state index contributed by atoms with van der Waals surface area (Å²) in [7, 11) is 0. The van der Waals surface area contributed by atoms with Crippen molar-refractivity contribution in [1.29, 1.82) is 0 Å². The van der Waals surface area contributed by atoms with Crippen LogP contribution in [0.15, 0.2) is 52.5 Å². The fourth-order valence-corrected chi connectivity index (χ4v) is 3.57. The van der Waals surface area contributed by atoms with Crippen molar-refractivity contribution >= 4 is 18.0 Å². The lowest BCUT2D eigenvalue weighted by Crippen LogP contribution is -2.43. The quantitative estimate of drug-likeness (QED) is 0.850. The number of aromatic nitrogens is 1. The van der Waals surface area contributed by atoms with Gasteiger partial charge in [0.2, 0.25) is 5.91 Å². The second-order valence-electron chi connectivity index (χ2n) is 6.58. The molecular weight excluding hydrogens is 332 g/mol. The smallest absolute Gasteiger partial charge is 0.275 e. The fourth-order valence-electron chi connectivity index (χ4n) is 3.57. The van der Waals surface area contributed by atoms with E-state index in [4.69, 9.17) is 4.42 Å². The van der Waals surface area contributed by atoms with E-state index >= 15 is 0 Å². The Kier molecular flexibility index (Phi) is 4.51. The van der Waals surface area contributed by atoms with Crippen LogP contribution < -0.4 is 0 Å². The van der Waals surface area contributed by atoms with Gasteiger partial charge in [-0.05, 0) is 18.4 Å². The molecule has 0 saturated carbocycles. The molecule has 0 radical (unpaired) electrons. The van der Waals surface area contributed by atoms with Gasteiger partial charge in [0.15, 0.2) is 12.1 Å². The van der Waals surface area contributed by atoms with E-state index in [0.29, 0.717) is 31.6 Å². The number of amides is 2. The number of carbonyl (C=O) groups excluding carboxylic acids is 2. The minimum atomic E-state index is -0.147. The van der Waals surface area contributed by atoms with Gasteiger partial charge in [-0.3, -0.25) is 9.59 Å². The maximum Gasteiger partial charge on any atom is 0.275 e. The average molecular weight is 352 g/mol. The number of piperidine rings is 1. The van der Waals surface area contributed by atoms with Crippen LogP contribution in [0.3, 0.4) is 0 Å². The van der Waals surface area contributed by atoms with Gasteiger partial charge in [-0.25, -0.2) is 9.99 Å². The van der Waals surface area contributed by atoms with E-state index in [9.17, 15) is 9.59 Å². The molecule has 3 heterocycles. The first-order valence-corrected chi connectivity index (χ1v) is 8.82. The van der Waals surface area contributed by atoms with E-state index in [-0.39, 0.29) is 23.8 Å². The summed E-state index contributed by atoms with van der Waals surface area (Å²) >= 11 is 0. The van der Waals surface area contributed by atoms with Crippen molar-refractivity contribution in [1.82, 2.24) is 14.9 Å². The predicted molar refractivity (Wildman–Crippen MR) is 94.3 cm³/mol. The molecule has 1 saturated heterocycles. The average Bonchev–Trinajstić information content (AvgIpc) is 3.39. The first-order valence-electron chi connectivity index (χ1n) is 8.82. The van der Waals surface area contributed by atoms with Gasteiger partial charge in [0.1, 0.15) is 6.26 Å². The molecule has 1 fully saturated rings. The number of likely N-dealkylation sites (tertiary alicyclic amines) is 1. The van der Waals surface area contributed by atoms with Crippen LogP contribution in [0.25, 0.3) is 0 Å². The van der Waals surface area contributed by atoms with E-state index < -0.39 is 0 Å². The molecule has 1 unspecified atom stereocenters. The van der Waals surface area contributed by atoms with Crippen LogP contribution in [-0.2, 0) is 4.79 Å². The summed E-state index contributed by atoms with van der Waals surface area (Å²) in [5, 5.41) is 5.94. The van der Waals surface area contributed by atoms with Crippen molar-refractivity contribution in [3.05, 3.63) is 54.2 Å². The van der Waals surface area contributed by atoms with Gasteiger partial charge >= 0.3 is 0 Å². The molecule has 2 amide bonds. The lowest BCUT2D eigenvalue weighted by Gasteiger charge is -2.33. The van der Waals surface area contributed by atoms with Crippen molar-refractivity contribution in [3.8, 4) is 0 Å². The maximum atomic E-state index is 13.0. The highest BCUT2D eigenvalue weighted by molar-refractivity contribution is 5.92. The zero-order valence-electron chi connectivity index (χ0n) is 14.3. The Labute approximate surface area is 151 Å². The summed E-state index contributed by atoms with van der Waals surface area (Å²) in [5.74, 6) is -0.218. The van der Waals surface area contributed by atoms with Crippen LogP contribution in [0, 0.1) is 5.92 Å². The van der Waals surface area contributed by atoms with Crippen molar-refractivity contribution in [2.75, 3.05) is 13.1 Å². The summed E-state index contributed by atoms with van der Waals surface area (Å²) in [5.41, 5.74) is 1.40. The Bertz CT molecular complexity index is 795. The number of carbonyl (C=O) groups is 2. The summed E-state index contributed by atoms with van der Waals surface area (Å²) in [6, 6.07) is 9.94. The minimum absolute atomic E-state index is 0.0292. The first-order chi connectivity index (χ1) is 12.7. The maximum absolute atomic E-state index is 13.0. The molecule has 1 aromatic carbocycles. The molecule has 7 heteroatoms. The Hall–Kier alpha value is -2.96. The highest BCUT2D eigenvalue weighted by Crippen LogP contribution is 2.31. The van der Waals surface area contributed by atoms with E-state index in [2.05, 4.69) is 10.1 Å². The Morgan fingerprint density at radius 2 is 1.88 bits per heavy atom. The van der Waals surface area contributed by atoms with Gasteiger partial charge in [-0.15, -0.1) is 0 Å². The summed E-state index contributed by atoms with van der Waals surface area (Å²) in [4.78, 5) is 30.9. The molecule has 1 atom stereocenters. The van der Waals surface area contributed by atoms with Crippen molar-refractivity contribution < 1.29 is 14.0 Å². The Morgan fingerprint density at radius 3 is 2.58 bits per heavy atom. The van der Waals surface area contributed by atoms with Crippen LogP contribution in [0.5, 0.6) is 0 Å². The zero-order chi connectivity index (χ0) is 17.9. The number of nitrogens with zero attached hydrogens (tertiary/aromatic N) is 4. The van der Waals surface area contributed by atoms with Crippen LogP contribution in [0.2, 0.25) is 0 Å². The van der Waals surface area contributed by atoms with Crippen molar-refractivity contribution in [2.45, 2.75) is 25.3 Å². The standard InChI is InChI=1S/C19H20N4O3/c24-18(23-17(6-9-21-23)14-4-2-1-3-5-14)15-7-10-22(11-8-15)19(25)16-12-26-13-20-16/h1-5,9,12-13,15,17H,6-8,10-11H2. The largest absolute Gasteiger partial charge is 0.451 e. The molecule has 7 nitrogen and oxygen atoms in total. The van der Waals surface area contributed by atoms with E-state index in [1.54, 1.807) is 16.1 Å². The highest BCUT2D eigenvalue weighted by atomic mass is 16.3. The topological polar surface area (TPSA) is 79.0 Å². The van der Waals surface area contributed by atoms with E-state index in [0.717, 1.165) is 12.0 Å². The fraction of sp³-hybridized carbons (Fsp3) is 0.368. The van der Waals surface area contributed by atoms with E-state index in [1.807, 2.05) is 30.3 Å². The molecule has 134 valence electrons. The number of rotatable bonds is 3. The third-order valence-electron chi connectivity index (χ3n) is 5.02. The third-order valence-corrected chi connectivity index (χ3v) is 5.02. The van der Waals surface area contributed by atoms with Crippen molar-refractivity contribution in [2.24, 2.45) is 11.0 Å². The van der Waals surface area contributed by atoms with E-state index in [1.165, 1.54) is 12.7 Å². The predicted octanol–water partition coefficient (Wildman–Crippen LogP) is 2.49. The minimum Gasteiger partial charge on any atom is -0.451 e. The third kappa shape index (κ3) is 3.12. The normalized spacial score (nSPS) is 20.5. The van der Waals surface area contributed by atoms with Gasteiger partial charge in [-0.1, -0.05) is 30.3 Å². The summed E-state index contributed by atoms with van der Waals surface area (Å²) in [6.45, 7) is 1.07. The van der Waals surface area contributed by atoms with Gasteiger partial charge in [-0.2, -0.15) is 5.10 Å². The molecule has 0 N–H and O–H groups in total. The zero-order valence-corrected chi connectivity index (χ0v) is 14.3. The molecule has 26 heavy (non-hydrogen) atoms. The van der Waals surface area contributed by atoms with Gasteiger partial charge in [0.05, 0.1) is 6.04 Å². The molecule has 2 aliphatic heterocycles. The number of oxazole rings is 1. The summed E-state index contributed by atoms with van der Waals surface area (Å²) in [6.07, 6.45) is 6.41. The van der Waals surface area contributed by atoms with Crippen LogP contribution in [0.4, 0.5) is 0 Å². The van der Waals surface area contributed by atoms with Crippen LogP contribution in [0.1, 0.15) is 41.4 Å². The molecule has 0 spiro atoms. The van der Waals surface area contributed by atoms with Gasteiger partial charge in [0.25, 0.3) is 5.91 Å². The number of hydrazone groups is 1. The molecule has 1 aromatic heterocycles. The lowest BCUT2D eigenvalue weighted by atomic mass is 9.94. The number of benzene rings is 1. The molecule has 4 rings (SSSR count). The van der Waals surface area contributed by atoms with Crippen molar-refractivity contribution in [3.63, 3.8) is 0 Å². The highest BCUT2D eigenvalue weighted by Gasteiger charge is 2.35. The number of hydrogen-bond acceptors (Lipinski definition) is 5. The first kappa shape index (κ1) is 16.5. The number of hydrogen-bond donors (Lipinski definition) is 0. The molecular formula is C19H20N4O3. The molecule has 0 aliphatic carbocycles. The second-order valence-corrected chi connectivity index (χ2v) is 6.58. The SMILES string of the molecule is O=C(c1cocn1)N1CCC(C(=O)N2N=CCC2c2ccccc2)CC1. The van der Waals surface area contributed by atoms with Crippen LogP contribution >= 0.6 is 0 Å². The Balaban J connectivity index is 1.39. The molecule has 2 aliphatic rings. The molecule has 0 bridgehead atoms. The summed E-state index contributed by atoms with van der Waals surface area (Å²) < 4.78 is 4.87. The van der Waals surface area contributed by atoms with Gasteiger partial charge in [0, 0.05) is 31.6 Å². The molecule has 2 aromatic rings. The Morgan fingerprint density at radius 1 is 1.12 bits per heavy atom. The lowest BCUT2D eigenvalue weighted by molar-refractivity contribution is -0.138. The monoisotopic (exact) mass is 352 g/mol. The second kappa shape index (κ2) is 7.11. The van der Waals surface area contributed by atoms with Gasteiger partial charge < -0.3 is 9.32 Å².